The van der Waals surface area contributed by atoms with Gasteiger partial charge in [-0.2, -0.15) is 0 Å². The number of nitrogens with zero attached hydrogens (tertiary/aromatic N) is 1. The van der Waals surface area contributed by atoms with Crippen LogP contribution in [0.3, 0.4) is 0 Å². The Labute approximate surface area is 247 Å². The molecule has 2 atom stereocenters. The van der Waals surface area contributed by atoms with E-state index < -0.39 is 11.6 Å². The van der Waals surface area contributed by atoms with Crippen molar-refractivity contribution < 1.29 is 19.4 Å². The number of hydrogen-bond acceptors (Lipinski definition) is 5. The molecule has 0 spiro atoms. The maximum absolute atomic E-state index is 14.0. The molecule has 9 heteroatoms. The number of halogens is 3. The highest BCUT2D eigenvalue weighted by Gasteiger charge is 2.53. The number of nitrogens with one attached hydrogen (secondary N) is 1. The van der Waals surface area contributed by atoms with E-state index in [1.807, 2.05) is 48.5 Å². The number of aliphatic hydroxyl groups is 1. The number of benzene rings is 3. The molecule has 4 rings (SSSR count). The summed E-state index contributed by atoms with van der Waals surface area (Å²) in [5.41, 5.74) is 0.954. The van der Waals surface area contributed by atoms with Crippen molar-refractivity contribution in [1.82, 2.24) is 5.32 Å². The number of unbranched alkanes of at least 4 members (excludes halogenated alkanes) is 1. The van der Waals surface area contributed by atoms with Crippen LogP contribution in [0.4, 0.5) is 0 Å². The molecule has 6 nitrogen and oxygen atoms in total. The van der Waals surface area contributed by atoms with E-state index in [9.17, 15) is 4.79 Å². The molecule has 39 heavy (non-hydrogen) atoms. The van der Waals surface area contributed by atoms with E-state index in [4.69, 9.17) is 42.8 Å². The maximum atomic E-state index is 14.0. The third-order valence-corrected chi connectivity index (χ3v) is 7.57. The second-order valence-electron chi connectivity index (χ2n) is 9.37. The van der Waals surface area contributed by atoms with Crippen LogP contribution in [0.15, 0.2) is 76.2 Å². The monoisotopic (exact) mass is 632 g/mol. The van der Waals surface area contributed by atoms with Crippen molar-refractivity contribution in [3.63, 3.8) is 0 Å². The molecular weight excluding hydrogens is 603 g/mol. The number of aliphatic hydroxyl groups excluding tert-OH is 1. The van der Waals surface area contributed by atoms with Crippen LogP contribution in [0, 0.1) is 0 Å². The molecule has 3 aromatic carbocycles. The summed E-state index contributed by atoms with van der Waals surface area (Å²) < 4.78 is 13.1. The van der Waals surface area contributed by atoms with Gasteiger partial charge in [0.15, 0.2) is 11.6 Å². The van der Waals surface area contributed by atoms with Crippen molar-refractivity contribution in [2.24, 2.45) is 4.99 Å². The first-order chi connectivity index (χ1) is 18.9. The second-order valence-corrected chi connectivity index (χ2v) is 11.1. The molecule has 0 unspecified atom stereocenters. The van der Waals surface area contributed by atoms with E-state index in [2.05, 4.69) is 28.2 Å². The van der Waals surface area contributed by atoms with Crippen LogP contribution in [0.1, 0.15) is 49.0 Å². The lowest BCUT2D eigenvalue weighted by Crippen LogP contribution is -2.50. The predicted octanol–water partition coefficient (Wildman–Crippen LogP) is 6.93. The van der Waals surface area contributed by atoms with Gasteiger partial charge in [0.1, 0.15) is 5.75 Å². The summed E-state index contributed by atoms with van der Waals surface area (Å²) >= 11 is 16.4. The van der Waals surface area contributed by atoms with Crippen LogP contribution < -0.4 is 10.1 Å². The number of ether oxygens (including phenoxy) is 2. The quantitative estimate of drug-likeness (QED) is 0.212. The Hall–Kier alpha value is -2.58. The topological polar surface area (TPSA) is 80.2 Å². The summed E-state index contributed by atoms with van der Waals surface area (Å²) in [5.74, 6) is 0.783. The molecule has 0 aromatic heterocycles. The SMILES string of the molecule is CCCCNC(=O)[C@]1(Cc2ccc(Br)cc2)N=C(c2ccc(OCCCO)cc2)O[C@@H]1c1ccc(Cl)cc1Cl. The minimum absolute atomic E-state index is 0.0676. The summed E-state index contributed by atoms with van der Waals surface area (Å²) in [6.45, 7) is 3.09. The van der Waals surface area contributed by atoms with Gasteiger partial charge < -0.3 is 19.9 Å². The molecule has 1 amide bonds. The van der Waals surface area contributed by atoms with E-state index >= 15 is 0 Å². The summed E-state index contributed by atoms with van der Waals surface area (Å²) in [7, 11) is 0. The first-order valence-electron chi connectivity index (χ1n) is 12.9. The van der Waals surface area contributed by atoms with Crippen molar-refractivity contribution >= 4 is 50.9 Å². The summed E-state index contributed by atoms with van der Waals surface area (Å²) in [6, 6.07) is 20.3. The highest BCUT2D eigenvalue weighted by molar-refractivity contribution is 9.10. The highest BCUT2D eigenvalue weighted by atomic mass is 79.9. The molecular formula is C30H31BrCl2N2O4. The Kier molecular flexibility index (Phi) is 10.3. The van der Waals surface area contributed by atoms with E-state index in [0.29, 0.717) is 58.8 Å². The lowest BCUT2D eigenvalue weighted by molar-refractivity contribution is -0.128. The normalized spacial score (nSPS) is 18.4. The second kappa shape index (κ2) is 13.7. The summed E-state index contributed by atoms with van der Waals surface area (Å²) in [4.78, 5) is 19.1. The molecule has 0 saturated heterocycles. The zero-order chi connectivity index (χ0) is 27.8. The van der Waals surface area contributed by atoms with E-state index in [1.54, 1.807) is 18.2 Å². The van der Waals surface area contributed by atoms with Crippen LogP contribution in [0.5, 0.6) is 5.75 Å². The van der Waals surface area contributed by atoms with Crippen molar-refractivity contribution in [2.75, 3.05) is 19.8 Å². The number of rotatable bonds is 12. The fraction of sp³-hybridized carbons (Fsp3) is 0.333. The number of aliphatic imine (C=N–C) groups is 1. The van der Waals surface area contributed by atoms with Gasteiger partial charge in [-0.25, -0.2) is 4.99 Å². The Morgan fingerprint density at radius 3 is 2.51 bits per heavy atom. The van der Waals surface area contributed by atoms with E-state index in [1.165, 1.54) is 0 Å². The standard InChI is InChI=1S/C30H31BrCl2N2O4/c1-2-3-15-34-29(37)30(19-20-5-9-22(31)10-6-20)27(25-14-11-23(32)18-26(25)33)39-28(35-30)21-7-12-24(13-8-21)38-17-4-16-36/h5-14,18,27,36H,2-4,15-17,19H2,1H3,(H,34,37)/t27-,30-/m1/s1. The maximum Gasteiger partial charge on any atom is 0.252 e. The molecule has 1 heterocycles. The van der Waals surface area contributed by atoms with Crippen molar-refractivity contribution in [3.05, 3.63) is 97.9 Å². The Bertz CT molecular complexity index is 1300. The Balaban J connectivity index is 1.78. The third kappa shape index (κ3) is 7.14. The molecule has 1 aliphatic heterocycles. The average molecular weight is 634 g/mol. The summed E-state index contributed by atoms with van der Waals surface area (Å²) in [5, 5.41) is 13.0. The molecule has 2 N–H and O–H groups in total. The minimum atomic E-state index is -1.31. The number of carbonyl (C=O) groups excluding carboxylic acids is 1. The smallest absolute Gasteiger partial charge is 0.252 e. The van der Waals surface area contributed by atoms with Gasteiger partial charge >= 0.3 is 0 Å². The van der Waals surface area contributed by atoms with Crippen LogP contribution in [0.2, 0.25) is 10.0 Å². The van der Waals surface area contributed by atoms with Crippen LogP contribution in [0.25, 0.3) is 0 Å². The zero-order valence-corrected chi connectivity index (χ0v) is 24.7. The predicted molar refractivity (Wildman–Crippen MR) is 159 cm³/mol. The highest BCUT2D eigenvalue weighted by Crippen LogP contribution is 2.45. The zero-order valence-electron chi connectivity index (χ0n) is 21.6. The van der Waals surface area contributed by atoms with Gasteiger partial charge in [0.05, 0.1) is 6.61 Å². The van der Waals surface area contributed by atoms with Gasteiger partial charge in [0.2, 0.25) is 5.90 Å². The summed E-state index contributed by atoms with van der Waals surface area (Å²) in [6.07, 6.45) is 1.86. The molecule has 0 fully saturated rings. The molecule has 0 saturated carbocycles. The number of hydrogen-bond donors (Lipinski definition) is 2. The first kappa shape index (κ1) is 29.4. The molecule has 206 valence electrons. The van der Waals surface area contributed by atoms with Crippen LogP contribution in [-0.4, -0.2) is 42.2 Å². The van der Waals surface area contributed by atoms with Gasteiger partial charge in [-0.1, -0.05) is 70.7 Å². The van der Waals surface area contributed by atoms with Gasteiger partial charge in [-0.3, -0.25) is 4.79 Å². The minimum Gasteiger partial charge on any atom is -0.494 e. The first-order valence-corrected chi connectivity index (χ1v) is 14.5. The lowest BCUT2D eigenvalue weighted by atomic mass is 9.82. The van der Waals surface area contributed by atoms with Gasteiger partial charge in [-0.15, -0.1) is 0 Å². The van der Waals surface area contributed by atoms with Crippen molar-refractivity contribution in [3.8, 4) is 5.75 Å². The van der Waals surface area contributed by atoms with E-state index in [-0.39, 0.29) is 12.5 Å². The van der Waals surface area contributed by atoms with Gasteiger partial charge in [0.25, 0.3) is 5.91 Å². The molecule has 0 aliphatic carbocycles. The van der Waals surface area contributed by atoms with Crippen molar-refractivity contribution in [2.45, 2.75) is 44.2 Å². The average Bonchev–Trinajstić information content (AvgIpc) is 3.30. The third-order valence-electron chi connectivity index (χ3n) is 6.48. The fourth-order valence-corrected chi connectivity index (χ4v) is 5.19. The number of carbonyl (C=O) groups is 1. The largest absolute Gasteiger partial charge is 0.494 e. The Morgan fingerprint density at radius 1 is 1.10 bits per heavy atom. The molecule has 3 aromatic rings. The van der Waals surface area contributed by atoms with Crippen molar-refractivity contribution in [1.29, 1.82) is 0 Å². The molecule has 0 bridgehead atoms. The van der Waals surface area contributed by atoms with Gasteiger partial charge in [0, 0.05) is 51.6 Å². The Morgan fingerprint density at radius 2 is 1.85 bits per heavy atom. The molecule has 0 radical (unpaired) electrons. The lowest BCUT2D eigenvalue weighted by Gasteiger charge is -2.31. The van der Waals surface area contributed by atoms with Crippen LogP contribution >= 0.6 is 39.1 Å². The van der Waals surface area contributed by atoms with Crippen LogP contribution in [-0.2, 0) is 16.0 Å². The van der Waals surface area contributed by atoms with E-state index in [0.717, 1.165) is 22.9 Å². The van der Waals surface area contributed by atoms with Gasteiger partial charge in [-0.05, 0) is 60.5 Å². The number of amides is 1. The fourth-order valence-electron chi connectivity index (χ4n) is 4.42. The molecule has 1 aliphatic rings.